The first-order valence-corrected chi connectivity index (χ1v) is 7.40. The van der Waals surface area contributed by atoms with Gasteiger partial charge in [0.2, 0.25) is 0 Å². The van der Waals surface area contributed by atoms with E-state index in [0.717, 1.165) is 18.9 Å². The second kappa shape index (κ2) is 6.88. The van der Waals surface area contributed by atoms with E-state index in [1.807, 2.05) is 13.2 Å². The molecule has 1 atom stereocenters. The zero-order valence-corrected chi connectivity index (χ0v) is 11.7. The SMILES string of the molecule is CCCn1nncc1C(CCC1CCCC1)NC. The number of hydrogen-bond donors (Lipinski definition) is 1. The summed E-state index contributed by atoms with van der Waals surface area (Å²) >= 11 is 0. The third-order valence-electron chi connectivity index (χ3n) is 4.13. The Balaban J connectivity index is 1.91. The van der Waals surface area contributed by atoms with Gasteiger partial charge in [0.05, 0.1) is 17.9 Å². The van der Waals surface area contributed by atoms with Gasteiger partial charge in [0.25, 0.3) is 0 Å². The lowest BCUT2D eigenvalue weighted by molar-refractivity contribution is 0.406. The first-order chi connectivity index (χ1) is 8.85. The average molecular weight is 250 g/mol. The van der Waals surface area contributed by atoms with Gasteiger partial charge in [0.15, 0.2) is 0 Å². The van der Waals surface area contributed by atoms with Crippen LogP contribution in [0.3, 0.4) is 0 Å². The van der Waals surface area contributed by atoms with E-state index in [-0.39, 0.29) is 0 Å². The highest BCUT2D eigenvalue weighted by atomic mass is 15.4. The molecule has 1 N–H and O–H groups in total. The highest BCUT2D eigenvalue weighted by molar-refractivity contribution is 5.02. The minimum absolute atomic E-state index is 0.409. The summed E-state index contributed by atoms with van der Waals surface area (Å²) < 4.78 is 2.05. The van der Waals surface area contributed by atoms with Crippen LogP contribution in [0.5, 0.6) is 0 Å². The van der Waals surface area contributed by atoms with Crippen LogP contribution in [0.15, 0.2) is 6.20 Å². The van der Waals surface area contributed by atoms with Crippen molar-refractivity contribution in [1.29, 1.82) is 0 Å². The maximum atomic E-state index is 4.18. The molecule has 1 unspecified atom stereocenters. The van der Waals surface area contributed by atoms with Crippen molar-refractivity contribution in [3.05, 3.63) is 11.9 Å². The molecule has 1 heterocycles. The van der Waals surface area contributed by atoms with Crippen molar-refractivity contribution in [1.82, 2.24) is 20.3 Å². The van der Waals surface area contributed by atoms with Crippen molar-refractivity contribution in [2.75, 3.05) is 7.05 Å². The Bertz CT molecular complexity index is 341. The molecule has 4 nitrogen and oxygen atoms in total. The Hall–Kier alpha value is -0.900. The van der Waals surface area contributed by atoms with E-state index in [2.05, 4.69) is 27.2 Å². The van der Waals surface area contributed by atoms with Crippen LogP contribution in [0.2, 0.25) is 0 Å². The highest BCUT2D eigenvalue weighted by Crippen LogP contribution is 2.31. The summed E-state index contributed by atoms with van der Waals surface area (Å²) in [5.74, 6) is 0.955. The molecule has 1 aromatic rings. The third-order valence-corrected chi connectivity index (χ3v) is 4.13. The second-order valence-corrected chi connectivity index (χ2v) is 5.45. The highest BCUT2D eigenvalue weighted by Gasteiger charge is 2.19. The van der Waals surface area contributed by atoms with Gasteiger partial charge in [-0.3, -0.25) is 0 Å². The van der Waals surface area contributed by atoms with Gasteiger partial charge in [-0.05, 0) is 32.2 Å². The molecular weight excluding hydrogens is 224 g/mol. The van der Waals surface area contributed by atoms with E-state index in [1.165, 1.54) is 44.2 Å². The Morgan fingerprint density at radius 1 is 1.44 bits per heavy atom. The molecule has 1 aromatic heterocycles. The molecule has 102 valence electrons. The van der Waals surface area contributed by atoms with Gasteiger partial charge < -0.3 is 5.32 Å². The number of nitrogens with zero attached hydrogens (tertiary/aromatic N) is 3. The molecule has 1 aliphatic rings. The van der Waals surface area contributed by atoms with Gasteiger partial charge in [-0.15, -0.1) is 5.10 Å². The fourth-order valence-electron chi connectivity index (χ4n) is 3.06. The molecular formula is C14H26N4. The lowest BCUT2D eigenvalue weighted by Crippen LogP contribution is -2.21. The van der Waals surface area contributed by atoms with Crippen LogP contribution in [-0.4, -0.2) is 22.0 Å². The number of hydrogen-bond acceptors (Lipinski definition) is 3. The zero-order chi connectivity index (χ0) is 12.8. The van der Waals surface area contributed by atoms with Crippen molar-refractivity contribution in [2.24, 2.45) is 5.92 Å². The Morgan fingerprint density at radius 2 is 2.22 bits per heavy atom. The maximum Gasteiger partial charge on any atom is 0.0756 e. The molecule has 0 bridgehead atoms. The van der Waals surface area contributed by atoms with Gasteiger partial charge in [-0.25, -0.2) is 4.68 Å². The predicted molar refractivity (Wildman–Crippen MR) is 73.3 cm³/mol. The summed E-state index contributed by atoms with van der Waals surface area (Å²) in [7, 11) is 2.04. The van der Waals surface area contributed by atoms with Crippen molar-refractivity contribution in [2.45, 2.75) is 64.5 Å². The Kier molecular flexibility index (Phi) is 5.17. The molecule has 0 aliphatic heterocycles. The number of rotatable bonds is 7. The van der Waals surface area contributed by atoms with E-state index in [1.54, 1.807) is 0 Å². The fourth-order valence-corrected chi connectivity index (χ4v) is 3.06. The van der Waals surface area contributed by atoms with Crippen molar-refractivity contribution < 1.29 is 0 Å². The quantitative estimate of drug-likeness (QED) is 0.809. The number of nitrogens with one attached hydrogen (secondary N) is 1. The molecule has 0 aromatic carbocycles. The molecule has 0 radical (unpaired) electrons. The lowest BCUT2D eigenvalue weighted by Gasteiger charge is -2.19. The minimum atomic E-state index is 0.409. The zero-order valence-electron chi connectivity index (χ0n) is 11.7. The van der Waals surface area contributed by atoms with Gasteiger partial charge in [-0.2, -0.15) is 0 Å². The molecule has 0 saturated heterocycles. The Morgan fingerprint density at radius 3 is 2.89 bits per heavy atom. The third kappa shape index (κ3) is 3.31. The first-order valence-electron chi connectivity index (χ1n) is 7.40. The van der Waals surface area contributed by atoms with Crippen LogP contribution in [-0.2, 0) is 6.54 Å². The summed E-state index contributed by atoms with van der Waals surface area (Å²) in [5, 5.41) is 11.7. The molecule has 1 aliphatic carbocycles. The smallest absolute Gasteiger partial charge is 0.0756 e. The predicted octanol–water partition coefficient (Wildman–Crippen LogP) is 2.92. The van der Waals surface area contributed by atoms with Crippen LogP contribution >= 0.6 is 0 Å². The van der Waals surface area contributed by atoms with Crippen LogP contribution < -0.4 is 5.32 Å². The first kappa shape index (κ1) is 13.5. The summed E-state index contributed by atoms with van der Waals surface area (Å²) in [4.78, 5) is 0. The van der Waals surface area contributed by atoms with Gasteiger partial charge in [0, 0.05) is 6.54 Å². The second-order valence-electron chi connectivity index (χ2n) is 5.45. The maximum absolute atomic E-state index is 4.18. The van der Waals surface area contributed by atoms with E-state index < -0.39 is 0 Å². The largest absolute Gasteiger partial charge is 0.312 e. The molecule has 1 fully saturated rings. The van der Waals surface area contributed by atoms with E-state index >= 15 is 0 Å². The number of aryl methyl sites for hydroxylation is 1. The normalized spacial score (nSPS) is 18.3. The van der Waals surface area contributed by atoms with Crippen molar-refractivity contribution >= 4 is 0 Å². The summed E-state index contributed by atoms with van der Waals surface area (Å²) in [6, 6.07) is 0.409. The van der Waals surface area contributed by atoms with Crippen LogP contribution in [0, 0.1) is 5.92 Å². The topological polar surface area (TPSA) is 42.7 Å². The standard InChI is InChI=1S/C14H26N4/c1-3-10-18-14(11-16-17-18)13(15-2)9-8-12-6-4-5-7-12/h11-13,15H,3-10H2,1-2H3. The van der Waals surface area contributed by atoms with Crippen LogP contribution in [0.1, 0.15) is 63.6 Å². The Labute approximate surface area is 110 Å². The van der Waals surface area contributed by atoms with Crippen LogP contribution in [0.4, 0.5) is 0 Å². The molecule has 0 amide bonds. The van der Waals surface area contributed by atoms with E-state index in [4.69, 9.17) is 0 Å². The van der Waals surface area contributed by atoms with Gasteiger partial charge >= 0.3 is 0 Å². The average Bonchev–Trinajstić information content (AvgIpc) is 3.02. The van der Waals surface area contributed by atoms with Crippen molar-refractivity contribution in [3.8, 4) is 0 Å². The number of aromatic nitrogens is 3. The molecule has 0 spiro atoms. The monoisotopic (exact) mass is 250 g/mol. The molecule has 4 heteroatoms. The van der Waals surface area contributed by atoms with Crippen LogP contribution in [0.25, 0.3) is 0 Å². The molecule has 18 heavy (non-hydrogen) atoms. The van der Waals surface area contributed by atoms with E-state index in [9.17, 15) is 0 Å². The van der Waals surface area contributed by atoms with Crippen molar-refractivity contribution in [3.63, 3.8) is 0 Å². The summed E-state index contributed by atoms with van der Waals surface area (Å²) in [5.41, 5.74) is 1.25. The van der Waals surface area contributed by atoms with E-state index in [0.29, 0.717) is 6.04 Å². The van der Waals surface area contributed by atoms with Gasteiger partial charge in [-0.1, -0.05) is 37.8 Å². The van der Waals surface area contributed by atoms with Gasteiger partial charge in [0.1, 0.15) is 0 Å². The summed E-state index contributed by atoms with van der Waals surface area (Å²) in [6.07, 6.45) is 11.3. The molecule has 1 saturated carbocycles. The fraction of sp³-hybridized carbons (Fsp3) is 0.857. The lowest BCUT2D eigenvalue weighted by atomic mass is 9.97. The molecule has 2 rings (SSSR count). The minimum Gasteiger partial charge on any atom is -0.312 e. The summed E-state index contributed by atoms with van der Waals surface area (Å²) in [6.45, 7) is 3.15.